The van der Waals surface area contributed by atoms with E-state index in [9.17, 15) is 13.9 Å². The molecule has 1 fully saturated rings. The number of ether oxygens (including phenoxy) is 1. The first-order valence-electron chi connectivity index (χ1n) is 4.96. The number of hydrogen-bond acceptors (Lipinski definition) is 3. The molecule has 0 bridgehead atoms. The zero-order valence-electron chi connectivity index (χ0n) is 8.84. The van der Waals surface area contributed by atoms with Gasteiger partial charge in [0.25, 0.3) is 6.43 Å². The highest BCUT2D eigenvalue weighted by Crippen LogP contribution is 2.49. The van der Waals surface area contributed by atoms with Crippen molar-refractivity contribution in [1.29, 1.82) is 0 Å². The van der Waals surface area contributed by atoms with Crippen molar-refractivity contribution in [2.24, 2.45) is 5.73 Å². The third-order valence-corrected chi connectivity index (χ3v) is 2.91. The van der Waals surface area contributed by atoms with Crippen molar-refractivity contribution in [1.82, 2.24) is 0 Å². The van der Waals surface area contributed by atoms with Crippen LogP contribution < -0.4 is 10.5 Å². The van der Waals surface area contributed by atoms with Crippen molar-refractivity contribution in [3.8, 4) is 11.5 Å². The van der Waals surface area contributed by atoms with E-state index in [-0.39, 0.29) is 0 Å². The molecule has 0 heterocycles. The summed E-state index contributed by atoms with van der Waals surface area (Å²) in [4.78, 5) is 0. The highest BCUT2D eigenvalue weighted by atomic mass is 19.3. The van der Waals surface area contributed by atoms with Gasteiger partial charge in [-0.1, -0.05) is 0 Å². The number of benzene rings is 1. The smallest absolute Gasteiger partial charge is 0.267 e. The summed E-state index contributed by atoms with van der Waals surface area (Å²) < 4.78 is 30.3. The molecule has 0 aliphatic heterocycles. The van der Waals surface area contributed by atoms with Crippen LogP contribution in [0.2, 0.25) is 0 Å². The minimum Gasteiger partial charge on any atom is -0.507 e. The predicted molar refractivity (Wildman–Crippen MR) is 54.7 cm³/mol. The van der Waals surface area contributed by atoms with Gasteiger partial charge in [-0.25, -0.2) is 8.78 Å². The minimum atomic E-state index is -2.74. The Morgan fingerprint density at radius 1 is 1.44 bits per heavy atom. The van der Waals surface area contributed by atoms with Crippen LogP contribution in [-0.2, 0) is 5.54 Å². The molecule has 1 aliphatic carbocycles. The van der Waals surface area contributed by atoms with Crippen molar-refractivity contribution in [3.63, 3.8) is 0 Å². The molecule has 5 heteroatoms. The lowest BCUT2D eigenvalue weighted by atomic mass is 10.0. The Morgan fingerprint density at radius 2 is 2.06 bits per heavy atom. The largest absolute Gasteiger partial charge is 0.507 e. The first-order valence-corrected chi connectivity index (χ1v) is 4.96. The first-order chi connectivity index (χ1) is 7.48. The average molecular weight is 229 g/mol. The second-order valence-corrected chi connectivity index (χ2v) is 4.07. The van der Waals surface area contributed by atoms with E-state index in [1.54, 1.807) is 0 Å². The van der Waals surface area contributed by atoms with E-state index >= 15 is 0 Å². The molecule has 88 valence electrons. The van der Waals surface area contributed by atoms with Gasteiger partial charge in [0.1, 0.15) is 11.5 Å². The van der Waals surface area contributed by atoms with Crippen molar-refractivity contribution < 1.29 is 18.6 Å². The molecule has 3 nitrogen and oxygen atoms in total. The van der Waals surface area contributed by atoms with Crippen LogP contribution >= 0.6 is 0 Å². The zero-order chi connectivity index (χ0) is 11.9. The van der Waals surface area contributed by atoms with Gasteiger partial charge in [0.15, 0.2) is 0 Å². The fourth-order valence-electron chi connectivity index (χ4n) is 1.70. The molecule has 1 aromatic rings. The molecular weight excluding hydrogens is 216 g/mol. The molecule has 0 saturated heterocycles. The molecule has 0 unspecified atom stereocenters. The summed E-state index contributed by atoms with van der Waals surface area (Å²) in [7, 11) is 1.39. The van der Waals surface area contributed by atoms with E-state index in [2.05, 4.69) is 0 Å². The van der Waals surface area contributed by atoms with E-state index in [0.29, 0.717) is 24.2 Å². The van der Waals surface area contributed by atoms with Gasteiger partial charge < -0.3 is 15.6 Å². The molecule has 3 N–H and O–H groups in total. The Kier molecular flexibility index (Phi) is 2.50. The zero-order valence-corrected chi connectivity index (χ0v) is 8.84. The fourth-order valence-corrected chi connectivity index (χ4v) is 1.70. The highest BCUT2D eigenvalue weighted by Gasteiger charge is 2.43. The van der Waals surface area contributed by atoms with Crippen LogP contribution in [0.3, 0.4) is 0 Å². The van der Waals surface area contributed by atoms with Gasteiger partial charge in [-0.05, 0) is 25.0 Å². The molecule has 0 amide bonds. The summed E-state index contributed by atoms with van der Waals surface area (Å²) >= 11 is 0. The summed E-state index contributed by atoms with van der Waals surface area (Å²) in [5, 5.41) is 9.74. The number of rotatable bonds is 3. The molecule has 1 saturated carbocycles. The van der Waals surface area contributed by atoms with Crippen LogP contribution in [0.4, 0.5) is 8.78 Å². The standard InChI is InChI=1S/C11H13F2NO2/c1-16-6-4-7(10(12)13)9(15)8(5-6)11(14)2-3-11/h4-5,10,15H,2-3,14H2,1H3. The molecule has 1 aromatic carbocycles. The Morgan fingerprint density at radius 3 is 2.50 bits per heavy atom. The molecule has 1 aliphatic rings. The SMILES string of the molecule is COc1cc(C(F)F)c(O)c(C2(N)CC2)c1. The summed E-state index contributed by atoms with van der Waals surface area (Å²) in [6.07, 6.45) is -1.36. The number of aromatic hydroxyl groups is 1. The summed E-state index contributed by atoms with van der Waals surface area (Å²) in [6, 6.07) is 2.66. The molecule has 0 radical (unpaired) electrons. The van der Waals surface area contributed by atoms with Crippen LogP contribution in [0.25, 0.3) is 0 Å². The van der Waals surface area contributed by atoms with Gasteiger partial charge in [-0.15, -0.1) is 0 Å². The minimum absolute atomic E-state index is 0.292. The van der Waals surface area contributed by atoms with Gasteiger partial charge in [0.2, 0.25) is 0 Å². The maximum Gasteiger partial charge on any atom is 0.267 e. The Balaban J connectivity index is 2.55. The number of methoxy groups -OCH3 is 1. The number of nitrogens with two attached hydrogens (primary N) is 1. The van der Waals surface area contributed by atoms with Crippen LogP contribution in [0.5, 0.6) is 11.5 Å². The quantitative estimate of drug-likeness (QED) is 0.836. The van der Waals surface area contributed by atoms with Gasteiger partial charge in [-0.3, -0.25) is 0 Å². The van der Waals surface area contributed by atoms with Gasteiger partial charge in [0.05, 0.1) is 12.7 Å². The number of phenolic OH excluding ortho intramolecular Hbond substituents is 1. The Bertz CT molecular complexity index is 417. The normalized spacial score (nSPS) is 17.6. The van der Waals surface area contributed by atoms with Crippen LogP contribution in [-0.4, -0.2) is 12.2 Å². The van der Waals surface area contributed by atoms with Crippen molar-refractivity contribution in [2.75, 3.05) is 7.11 Å². The molecular formula is C11H13F2NO2. The molecule has 0 aromatic heterocycles. The van der Waals surface area contributed by atoms with E-state index in [4.69, 9.17) is 10.5 Å². The second kappa shape index (κ2) is 3.59. The Labute approximate surface area is 91.8 Å². The maximum atomic E-state index is 12.7. The van der Waals surface area contributed by atoms with Crippen LogP contribution in [0.1, 0.15) is 30.4 Å². The van der Waals surface area contributed by atoms with Crippen molar-refractivity contribution >= 4 is 0 Å². The van der Waals surface area contributed by atoms with E-state index < -0.39 is 23.3 Å². The number of phenols is 1. The fraction of sp³-hybridized carbons (Fsp3) is 0.455. The number of halogens is 2. The first kappa shape index (κ1) is 11.1. The monoisotopic (exact) mass is 229 g/mol. The number of alkyl halides is 2. The number of hydrogen-bond donors (Lipinski definition) is 2. The molecule has 2 rings (SSSR count). The molecule has 0 spiro atoms. The van der Waals surface area contributed by atoms with Gasteiger partial charge in [-0.2, -0.15) is 0 Å². The van der Waals surface area contributed by atoms with Gasteiger partial charge in [0, 0.05) is 11.1 Å². The highest BCUT2D eigenvalue weighted by molar-refractivity contribution is 5.51. The van der Waals surface area contributed by atoms with Crippen molar-refractivity contribution in [3.05, 3.63) is 23.3 Å². The van der Waals surface area contributed by atoms with Crippen LogP contribution in [0.15, 0.2) is 12.1 Å². The lowest BCUT2D eigenvalue weighted by molar-refractivity contribution is 0.146. The Hall–Kier alpha value is -1.36. The van der Waals surface area contributed by atoms with Gasteiger partial charge >= 0.3 is 0 Å². The third kappa shape index (κ3) is 1.71. The predicted octanol–water partition coefficient (Wildman–Crippen LogP) is 2.29. The van der Waals surface area contributed by atoms with E-state index in [1.165, 1.54) is 13.2 Å². The summed E-state index contributed by atoms with van der Waals surface area (Å²) in [5.74, 6) is -0.115. The lowest BCUT2D eigenvalue weighted by Crippen LogP contribution is -2.19. The molecule has 16 heavy (non-hydrogen) atoms. The second-order valence-electron chi connectivity index (χ2n) is 4.07. The summed E-state index contributed by atoms with van der Waals surface area (Å²) in [6.45, 7) is 0. The topological polar surface area (TPSA) is 55.5 Å². The maximum absolute atomic E-state index is 12.7. The lowest BCUT2D eigenvalue weighted by Gasteiger charge is -2.16. The van der Waals surface area contributed by atoms with Crippen LogP contribution in [0, 0.1) is 0 Å². The average Bonchev–Trinajstić information content (AvgIpc) is 2.97. The van der Waals surface area contributed by atoms with E-state index in [0.717, 1.165) is 6.07 Å². The van der Waals surface area contributed by atoms with E-state index in [1.807, 2.05) is 0 Å². The third-order valence-electron chi connectivity index (χ3n) is 2.91. The summed E-state index contributed by atoms with van der Waals surface area (Å²) in [5.41, 5.74) is 5.16. The molecule has 0 atom stereocenters. The van der Waals surface area contributed by atoms with Crippen molar-refractivity contribution in [2.45, 2.75) is 24.8 Å².